The topological polar surface area (TPSA) is 524 Å². The van der Waals surface area contributed by atoms with Crippen molar-refractivity contribution in [2.45, 2.75) is 117 Å². The van der Waals surface area contributed by atoms with E-state index in [2.05, 4.69) is 101 Å². The first kappa shape index (κ1) is 131. The van der Waals surface area contributed by atoms with Gasteiger partial charge in [0.15, 0.2) is 69.5 Å². The van der Waals surface area contributed by atoms with Gasteiger partial charge in [-0.25, -0.2) is 15.5 Å². The minimum absolute atomic E-state index is 0. The fourth-order valence-corrected chi connectivity index (χ4v) is 10.2. The van der Waals surface area contributed by atoms with Crippen LogP contribution in [0.15, 0.2) is 259 Å². The number of aliphatic hydroxyl groups excluding tert-OH is 3. The molecule has 0 atom stereocenters. The van der Waals surface area contributed by atoms with E-state index in [1.54, 1.807) is 26.8 Å². The monoisotopic (exact) mass is 2090 g/mol. The summed E-state index contributed by atoms with van der Waals surface area (Å²) < 4.78 is 212. The average Bonchev–Trinajstić information content (AvgIpc) is 1.62. The van der Waals surface area contributed by atoms with E-state index >= 15 is 0 Å². The quantitative estimate of drug-likeness (QED) is 0.00143. The number of nitrogens with two attached hydrogens (primary N) is 1. The number of azide groups is 2. The molecule has 0 spiro atoms. The van der Waals surface area contributed by atoms with Gasteiger partial charge in [0.25, 0.3) is 0 Å². The van der Waals surface area contributed by atoms with Gasteiger partial charge in [-0.2, -0.15) is 43.9 Å². The molecule has 6 aliphatic heterocycles. The Kier molecular flexibility index (Phi) is 70.8. The fourth-order valence-electron chi connectivity index (χ4n) is 10.2. The number of terminal acetylenes is 1. The summed E-state index contributed by atoms with van der Waals surface area (Å²) in [6.07, 6.45) is 10.8. The number of thiol groups is 1. The van der Waals surface area contributed by atoms with Crippen molar-refractivity contribution in [2.75, 3.05) is 119 Å². The van der Waals surface area contributed by atoms with E-state index < -0.39 is 92.9 Å². The molecule has 7 aromatic rings. The van der Waals surface area contributed by atoms with Gasteiger partial charge in [-0.05, 0) is 79.6 Å². The number of rotatable bonds is 36. The molecule has 51 heteroatoms. The zero-order valence-electron chi connectivity index (χ0n) is 78.6. The standard InChI is InChI=1S/C13H20O3.C12H12F2O2.C12H13NO3.C12H12O3.C9H9F2N3O3.C9H9F2NO3.C9H11NO2.C5H6F2O2.C5H4F2O2.C4H7N3O2.C3H4O.BHNS.ClH.H3NO.H2/c1-3-15-13(16-4-2)11-14-10-12-8-6-5-7-9-12;13-12(14)6-11(16-9-12)8-15-7-10-4-2-1-3-5-10;14-7-12-6-11(13-16-12)9-15-8-10-4-2-1-3-5-10;13-11-6-12(15-8-11)9-14-7-10-4-2-1-3-5-10;1-2-16-8(15)7(13-14-12)3-6-4-9(10,11)5-17-6;1-2-14-8(13)5-3-6-7(12-5)9(10,11)4-15-6;11-10-6-7-12-8-9-4-2-1-3-5-9;2*6-5(7)1-4(2-8)9-3-5;1-2-9-4(8)3-6-7-5;1-2-3-4;1-2-3;;1-2;/h5-9,13H,3-4,10-11H2,1-2H3;1-6H,7-9H2;1-6,14H,7-9H2;1-6H,7-9H2;3-4H,2,5H2,1H3;3,12H,2,4H2,1H3;1-6,11H,7-8H2;1,8H,2-3H2;1-2H,3H2;2-3H2,1H3;1,4H,3H2;3H;1H;2H,1H2;1H/b;;;;7-3-;;10-6+;;;;;;;;/i;;;;;;;;;;;;;;1+1. The van der Waals surface area contributed by atoms with Crippen LogP contribution in [0, 0.1) is 12.3 Å². The van der Waals surface area contributed by atoms with Gasteiger partial charge in [-0.1, -0.05) is 178 Å². The second-order valence-corrected chi connectivity index (χ2v) is 27.7. The molecule has 2 aromatic heterocycles. The Morgan fingerprint density at radius 1 is 0.583 bits per heavy atom. The van der Waals surface area contributed by atoms with Crippen LogP contribution in [-0.4, -0.2) is 229 Å². The fraction of sp³-hybridized carbons (Fsp3) is 0.387. The predicted octanol–water partition coefficient (Wildman–Crippen LogP) is 16.5. The van der Waals surface area contributed by atoms with Crippen LogP contribution in [0.3, 0.4) is 0 Å². The molecule has 0 aliphatic carbocycles. The van der Waals surface area contributed by atoms with Gasteiger partial charge in [0, 0.05) is 67.0 Å². The normalized spacial score (nSPS) is 14.3. The first-order chi connectivity index (χ1) is 68.6. The molecule has 38 nitrogen and oxygen atoms in total. The second-order valence-electron chi connectivity index (χ2n) is 27.4. The number of ether oxygens (including phenoxy) is 16. The number of esters is 3. The summed E-state index contributed by atoms with van der Waals surface area (Å²) in [5, 5.41) is 51.9. The molecular weight excluding hydrogens is 1970 g/mol. The van der Waals surface area contributed by atoms with Crippen LogP contribution in [0.5, 0.6) is 5.75 Å². The summed E-state index contributed by atoms with van der Waals surface area (Å²) in [4.78, 5) is 60.5. The van der Waals surface area contributed by atoms with Gasteiger partial charge in [0.05, 0.1) is 78.9 Å². The van der Waals surface area contributed by atoms with Crippen molar-refractivity contribution in [1.82, 2.24) is 10.1 Å². The van der Waals surface area contributed by atoms with Gasteiger partial charge in [0.2, 0.25) is 0 Å². The van der Waals surface area contributed by atoms with Crippen LogP contribution in [0.2, 0.25) is 0 Å². The van der Waals surface area contributed by atoms with Crippen molar-refractivity contribution in [3.05, 3.63) is 306 Å². The SMILES string of the molecule is C#CCO.CCOC(=O)/C(=C/C1=CC(F)(F)CO1)N=[N+]=[N-].CCOC(=O)CN=[N+]=[N-].CCOC(=O)c1cc2c([nH]1)C(F)(F)CO2.CCOC(COCc1ccccc1)OCC.Cl.FC1(F)C=C(COCc2ccccc2)OC1.NO.O/N=C/COCc1ccccc1.O=C1C=C(COCc2ccccc2)OC1.O=CC1=CC(F)(F)CO1.OCC1=CC(F)(F)CO1.OCc1cc(COCc2ccccc2)no1.[2HH].[B]=NS. The third kappa shape index (κ3) is 62.1. The zero-order valence-corrected chi connectivity index (χ0v) is 80.3. The van der Waals surface area contributed by atoms with E-state index in [9.17, 15) is 67.9 Å². The Morgan fingerprint density at radius 2 is 1.02 bits per heavy atom. The summed E-state index contributed by atoms with van der Waals surface area (Å²) in [5.74, 6) is -10.6. The number of ketones is 1. The number of aliphatic hydroxyl groups is 3. The summed E-state index contributed by atoms with van der Waals surface area (Å²) in [5.41, 5.74) is 21.4. The molecule has 789 valence electrons. The number of aldehydes is 1. The van der Waals surface area contributed by atoms with Crippen LogP contribution in [0.25, 0.3) is 20.9 Å². The third-order valence-corrected chi connectivity index (χ3v) is 16.1. The number of benzene rings is 5. The molecular formula is C93H114BClF10N11O27S. The number of allylic oxidation sites excluding steroid dienone is 2. The van der Waals surface area contributed by atoms with Crippen LogP contribution >= 0.6 is 25.2 Å². The number of fused-ring (bicyclic) bond motifs is 1. The Balaban J connectivity index is 0. The van der Waals surface area contributed by atoms with E-state index in [0.717, 1.165) is 40.0 Å². The number of hydrogen-bond acceptors (Lipinski definition) is 34. The number of halogens is 11. The van der Waals surface area contributed by atoms with Crippen molar-refractivity contribution < 1.29 is 175 Å². The van der Waals surface area contributed by atoms with Crippen molar-refractivity contribution in [3.63, 3.8) is 0 Å². The Bertz CT molecular complexity index is 5150. The van der Waals surface area contributed by atoms with Crippen LogP contribution in [0.1, 0.15) is 91.5 Å². The zero-order chi connectivity index (χ0) is 106. The van der Waals surface area contributed by atoms with Gasteiger partial charge in [0.1, 0.15) is 91.1 Å². The number of oxime groups is 1. The minimum atomic E-state index is -3.08. The number of carbonyl (C=O) groups excluding carboxylic acids is 5. The molecule has 8 heterocycles. The second kappa shape index (κ2) is 78.1. The molecule has 8 N–H and O–H groups in total. The van der Waals surface area contributed by atoms with E-state index in [4.69, 9.17) is 88.7 Å². The van der Waals surface area contributed by atoms with E-state index in [1.807, 2.05) is 171 Å². The molecule has 0 unspecified atom stereocenters. The first-order valence-electron chi connectivity index (χ1n) is 42.4. The van der Waals surface area contributed by atoms with Gasteiger partial charge in [-0.15, -0.1) is 18.8 Å². The van der Waals surface area contributed by atoms with Crippen LogP contribution in [0.4, 0.5) is 43.9 Å². The van der Waals surface area contributed by atoms with E-state index in [0.29, 0.717) is 115 Å². The maximum absolute atomic E-state index is 13.1. The van der Waals surface area contributed by atoms with E-state index in [-0.39, 0.29) is 119 Å². The maximum atomic E-state index is 13.1. The number of hydrogen-bond donors (Lipinski definition) is 8. The number of nitrogens with zero attached hydrogens (tertiary/aromatic N) is 9. The Labute approximate surface area is 836 Å². The Morgan fingerprint density at radius 3 is 1.38 bits per heavy atom. The third-order valence-electron chi connectivity index (χ3n) is 16.1. The van der Waals surface area contributed by atoms with Crippen molar-refractivity contribution in [3.8, 4) is 18.1 Å². The summed E-state index contributed by atoms with van der Waals surface area (Å²) >= 11 is 3.19. The summed E-state index contributed by atoms with van der Waals surface area (Å²) in [7, 11) is 4.34. The Hall–Kier alpha value is -13.4. The van der Waals surface area contributed by atoms with Gasteiger partial charge in [-0.3, -0.25) is 14.4 Å². The number of H-pyrrole nitrogens is 1. The van der Waals surface area contributed by atoms with Crippen LogP contribution in [-0.2, 0) is 142 Å². The molecule has 6 aliphatic rings. The van der Waals surface area contributed by atoms with Crippen LogP contribution < -0.4 is 10.6 Å². The molecule has 144 heavy (non-hydrogen) atoms. The number of carbonyl (C=O) groups is 5. The van der Waals surface area contributed by atoms with Gasteiger partial charge < -0.3 is 111 Å². The average molecular weight is 2090 g/mol. The number of nitrogens with one attached hydrogen (secondary N) is 1. The molecule has 0 saturated heterocycles. The van der Waals surface area contributed by atoms with Crippen molar-refractivity contribution in [1.29, 1.82) is 0 Å². The first-order valence-corrected chi connectivity index (χ1v) is 42.8. The summed E-state index contributed by atoms with van der Waals surface area (Å²) in [6, 6.07) is 52.2. The molecule has 0 fully saturated rings. The van der Waals surface area contributed by atoms with Gasteiger partial charge >= 0.3 is 72.3 Å². The van der Waals surface area contributed by atoms with Crippen molar-refractivity contribution >= 4 is 69.1 Å². The molecule has 1 radical (unpaired) electrons. The predicted molar refractivity (Wildman–Crippen MR) is 506 cm³/mol. The number of aromatic amines is 1. The number of aromatic nitrogens is 2. The molecule has 0 bridgehead atoms. The van der Waals surface area contributed by atoms with E-state index in [1.165, 1.54) is 18.4 Å². The molecule has 0 amide bonds. The molecule has 5 aromatic carbocycles. The molecule has 0 saturated carbocycles. The van der Waals surface area contributed by atoms with Crippen molar-refractivity contribution in [2.24, 2.45) is 25.6 Å². The summed E-state index contributed by atoms with van der Waals surface area (Å²) in [6.45, 7) is 10.7. The molecule has 13 rings (SSSR count). The number of alkyl halides is 10.